The van der Waals surface area contributed by atoms with Gasteiger partial charge in [0, 0.05) is 11.3 Å². The summed E-state index contributed by atoms with van der Waals surface area (Å²) in [5.41, 5.74) is 2.22. The van der Waals surface area contributed by atoms with Gasteiger partial charge in [0.15, 0.2) is 5.78 Å². The molecule has 0 radical (unpaired) electrons. The van der Waals surface area contributed by atoms with Gasteiger partial charge in [0.05, 0.1) is 12.3 Å². The normalized spacial score (nSPS) is 10.5. The summed E-state index contributed by atoms with van der Waals surface area (Å²) in [5.74, 6) is -0.0695. The maximum Gasteiger partial charge on any atom is 0.234 e. The number of carbonyl (C=O) groups excluding carboxylic acids is 2. The van der Waals surface area contributed by atoms with Gasteiger partial charge in [-0.2, -0.15) is 0 Å². The topological polar surface area (TPSA) is 89.8 Å². The molecule has 0 atom stereocenters. The fourth-order valence-corrected chi connectivity index (χ4v) is 2.98. The number of amides is 1. The first kappa shape index (κ1) is 17.8. The molecule has 1 N–H and O–H groups in total. The van der Waals surface area contributed by atoms with Gasteiger partial charge in [0.2, 0.25) is 11.1 Å². The predicted molar refractivity (Wildman–Crippen MR) is 99.2 cm³/mol. The van der Waals surface area contributed by atoms with E-state index in [-0.39, 0.29) is 17.4 Å². The average molecular weight is 367 g/mol. The molecule has 0 bridgehead atoms. The van der Waals surface area contributed by atoms with Crippen LogP contribution in [0.2, 0.25) is 0 Å². The minimum atomic E-state index is -0.190. The van der Waals surface area contributed by atoms with Crippen molar-refractivity contribution in [2.45, 2.75) is 18.6 Å². The number of hydrogen-bond donors (Lipinski definition) is 1. The van der Waals surface area contributed by atoms with Crippen LogP contribution in [0.4, 0.5) is 5.69 Å². The SMILES string of the molecule is CC(=O)c1cccc(NC(=O)CSc2nnnn2Cc2ccccc2)c1. The van der Waals surface area contributed by atoms with Gasteiger partial charge in [-0.25, -0.2) is 4.68 Å². The number of Topliss-reactive ketones (excluding diaryl/α,β-unsaturated/α-hetero) is 1. The van der Waals surface area contributed by atoms with Gasteiger partial charge in [0.1, 0.15) is 0 Å². The number of nitrogens with zero attached hydrogens (tertiary/aromatic N) is 4. The Morgan fingerprint density at radius 2 is 1.92 bits per heavy atom. The van der Waals surface area contributed by atoms with Crippen molar-refractivity contribution < 1.29 is 9.59 Å². The van der Waals surface area contributed by atoms with Crippen molar-refractivity contribution in [3.63, 3.8) is 0 Å². The number of rotatable bonds is 7. The molecule has 0 spiro atoms. The van der Waals surface area contributed by atoms with Crippen LogP contribution in [-0.2, 0) is 11.3 Å². The zero-order chi connectivity index (χ0) is 18.4. The van der Waals surface area contributed by atoms with E-state index in [9.17, 15) is 9.59 Å². The molecule has 7 nitrogen and oxygen atoms in total. The Hall–Kier alpha value is -3.00. The summed E-state index contributed by atoms with van der Waals surface area (Å²) in [6, 6.07) is 16.7. The zero-order valence-electron chi connectivity index (χ0n) is 14.1. The summed E-state index contributed by atoms with van der Waals surface area (Å²) >= 11 is 1.26. The molecular formula is C18H17N5O2S. The van der Waals surface area contributed by atoms with Gasteiger partial charge in [-0.3, -0.25) is 9.59 Å². The summed E-state index contributed by atoms with van der Waals surface area (Å²) in [5, 5.41) is 15.0. The number of aromatic nitrogens is 4. The largest absolute Gasteiger partial charge is 0.325 e. The smallest absolute Gasteiger partial charge is 0.234 e. The van der Waals surface area contributed by atoms with Crippen LogP contribution in [-0.4, -0.2) is 37.7 Å². The summed E-state index contributed by atoms with van der Waals surface area (Å²) in [4.78, 5) is 23.6. The van der Waals surface area contributed by atoms with E-state index in [2.05, 4.69) is 20.8 Å². The van der Waals surface area contributed by atoms with Crippen molar-refractivity contribution in [1.82, 2.24) is 20.2 Å². The maximum atomic E-state index is 12.2. The molecule has 1 amide bonds. The highest BCUT2D eigenvalue weighted by molar-refractivity contribution is 7.99. The van der Waals surface area contributed by atoms with Crippen LogP contribution in [0, 0.1) is 0 Å². The molecule has 0 saturated heterocycles. The third-order valence-corrected chi connectivity index (χ3v) is 4.52. The lowest BCUT2D eigenvalue weighted by Crippen LogP contribution is -2.15. The van der Waals surface area contributed by atoms with Crippen LogP contribution >= 0.6 is 11.8 Å². The molecule has 3 aromatic rings. The number of benzene rings is 2. The van der Waals surface area contributed by atoms with Gasteiger partial charge in [-0.05, 0) is 35.0 Å². The maximum absolute atomic E-state index is 12.2. The number of thioether (sulfide) groups is 1. The summed E-state index contributed by atoms with van der Waals surface area (Å²) in [6.07, 6.45) is 0. The number of tetrazole rings is 1. The second-order valence-electron chi connectivity index (χ2n) is 5.58. The standard InChI is InChI=1S/C18H17N5O2S/c1-13(24)15-8-5-9-16(10-15)19-17(25)12-26-18-20-21-22-23(18)11-14-6-3-2-4-7-14/h2-10H,11-12H2,1H3,(H,19,25). The molecule has 1 heterocycles. The molecule has 0 saturated carbocycles. The Balaban J connectivity index is 1.58. The van der Waals surface area contributed by atoms with Gasteiger partial charge < -0.3 is 5.32 Å². The number of ketones is 1. The van der Waals surface area contributed by atoms with Crippen molar-refractivity contribution in [2.75, 3.05) is 11.1 Å². The van der Waals surface area contributed by atoms with Gasteiger partial charge in [-0.15, -0.1) is 5.10 Å². The Labute approximate surface area is 154 Å². The first-order valence-corrected chi connectivity index (χ1v) is 8.94. The molecule has 132 valence electrons. The van der Waals surface area contributed by atoms with Crippen molar-refractivity contribution in [3.05, 3.63) is 65.7 Å². The van der Waals surface area contributed by atoms with Crippen LogP contribution in [0.15, 0.2) is 59.8 Å². The summed E-state index contributed by atoms with van der Waals surface area (Å²) in [6.45, 7) is 2.03. The molecule has 26 heavy (non-hydrogen) atoms. The molecule has 3 rings (SSSR count). The van der Waals surface area contributed by atoms with Crippen molar-refractivity contribution in [1.29, 1.82) is 0 Å². The molecule has 0 aliphatic rings. The Bertz CT molecular complexity index is 911. The zero-order valence-corrected chi connectivity index (χ0v) is 14.9. The quantitative estimate of drug-likeness (QED) is 0.510. The fraction of sp³-hybridized carbons (Fsp3) is 0.167. The number of anilines is 1. The molecule has 0 aliphatic heterocycles. The predicted octanol–water partition coefficient (Wildman–Crippen LogP) is 2.65. The average Bonchev–Trinajstić information content (AvgIpc) is 3.08. The second-order valence-corrected chi connectivity index (χ2v) is 6.52. The van der Waals surface area contributed by atoms with Gasteiger partial charge in [0.25, 0.3) is 0 Å². The van der Waals surface area contributed by atoms with Crippen LogP contribution < -0.4 is 5.32 Å². The Kier molecular flexibility index (Phi) is 5.75. The van der Waals surface area contributed by atoms with Crippen molar-refractivity contribution in [2.24, 2.45) is 0 Å². The van der Waals surface area contributed by atoms with Crippen molar-refractivity contribution in [3.8, 4) is 0 Å². The lowest BCUT2D eigenvalue weighted by Gasteiger charge is -2.07. The van der Waals surface area contributed by atoms with Gasteiger partial charge >= 0.3 is 0 Å². The molecule has 0 fully saturated rings. The molecule has 0 unspecified atom stereocenters. The minimum Gasteiger partial charge on any atom is -0.325 e. The monoisotopic (exact) mass is 367 g/mol. The van der Waals surface area contributed by atoms with Crippen LogP contribution in [0.3, 0.4) is 0 Å². The van der Waals surface area contributed by atoms with E-state index >= 15 is 0 Å². The number of hydrogen-bond acceptors (Lipinski definition) is 6. The second kappa shape index (κ2) is 8.39. The summed E-state index contributed by atoms with van der Waals surface area (Å²) in [7, 11) is 0. The van der Waals surface area contributed by atoms with E-state index in [4.69, 9.17) is 0 Å². The van der Waals surface area contributed by atoms with E-state index in [0.29, 0.717) is 23.0 Å². The fourth-order valence-electron chi connectivity index (χ4n) is 2.30. The lowest BCUT2D eigenvalue weighted by molar-refractivity contribution is -0.113. The van der Waals surface area contributed by atoms with Crippen LogP contribution in [0.1, 0.15) is 22.8 Å². The molecule has 1 aromatic heterocycles. The highest BCUT2D eigenvalue weighted by atomic mass is 32.2. The van der Waals surface area contributed by atoms with Crippen LogP contribution in [0.25, 0.3) is 0 Å². The molecule has 8 heteroatoms. The first-order valence-electron chi connectivity index (χ1n) is 7.95. The summed E-state index contributed by atoms with van der Waals surface area (Å²) < 4.78 is 1.66. The van der Waals surface area contributed by atoms with E-state index in [0.717, 1.165) is 5.56 Å². The first-order chi connectivity index (χ1) is 12.6. The Morgan fingerprint density at radius 1 is 1.12 bits per heavy atom. The Morgan fingerprint density at radius 3 is 2.69 bits per heavy atom. The van der Waals surface area contributed by atoms with E-state index in [1.807, 2.05) is 30.3 Å². The van der Waals surface area contributed by atoms with Gasteiger partial charge in [-0.1, -0.05) is 54.2 Å². The van der Waals surface area contributed by atoms with Crippen LogP contribution in [0.5, 0.6) is 0 Å². The highest BCUT2D eigenvalue weighted by Crippen LogP contribution is 2.16. The third kappa shape index (κ3) is 4.76. The molecular weight excluding hydrogens is 350 g/mol. The minimum absolute atomic E-state index is 0.0458. The number of carbonyl (C=O) groups is 2. The lowest BCUT2D eigenvalue weighted by atomic mass is 10.1. The van der Waals surface area contributed by atoms with E-state index in [1.165, 1.54) is 18.7 Å². The van der Waals surface area contributed by atoms with Crippen molar-refractivity contribution >= 4 is 29.1 Å². The molecule has 0 aliphatic carbocycles. The highest BCUT2D eigenvalue weighted by Gasteiger charge is 2.11. The molecule has 2 aromatic carbocycles. The van der Waals surface area contributed by atoms with E-state index in [1.54, 1.807) is 28.9 Å². The number of nitrogens with one attached hydrogen (secondary N) is 1. The van der Waals surface area contributed by atoms with E-state index < -0.39 is 0 Å². The third-order valence-electron chi connectivity index (χ3n) is 3.56.